The van der Waals surface area contributed by atoms with Gasteiger partial charge in [-0.1, -0.05) is 140 Å². The van der Waals surface area contributed by atoms with Gasteiger partial charge in [-0.3, -0.25) is 0 Å². The minimum Gasteiger partial charge on any atom is -0.312 e. The molecule has 11 rings (SSSR count). The molecule has 0 atom stereocenters. The van der Waals surface area contributed by atoms with Crippen LogP contribution in [0.5, 0.6) is 0 Å². The van der Waals surface area contributed by atoms with Crippen LogP contribution in [-0.4, -0.2) is 13.4 Å². The molecule has 4 aliphatic rings. The SMILES string of the molecule is CC1(C)c2ccccc2B2c3ccccc3N3c4ccccc4B4c5ccccc5N(c5ccccc5Sc5ccccc5)c5cc1c2c3c54. The van der Waals surface area contributed by atoms with Gasteiger partial charge in [-0.15, -0.1) is 0 Å². The Morgan fingerprint density at radius 3 is 1.60 bits per heavy atom. The zero-order valence-electron chi connectivity index (χ0n) is 28.0. The number of para-hydroxylation sites is 4. The molecule has 0 spiro atoms. The zero-order chi connectivity index (χ0) is 33.1. The molecule has 2 nitrogen and oxygen atoms in total. The fourth-order valence-corrected chi connectivity index (χ4v) is 10.5. The molecule has 5 heteroatoms. The molecule has 0 fully saturated rings. The fourth-order valence-electron chi connectivity index (χ4n) is 9.54. The van der Waals surface area contributed by atoms with Crippen LogP contribution in [0, 0.1) is 0 Å². The number of fused-ring (bicyclic) bond motifs is 10. The van der Waals surface area contributed by atoms with Crippen LogP contribution in [0.15, 0.2) is 168 Å². The molecule has 0 aromatic heterocycles. The van der Waals surface area contributed by atoms with E-state index in [9.17, 15) is 0 Å². The van der Waals surface area contributed by atoms with E-state index in [2.05, 4.69) is 181 Å². The third-order valence-corrected chi connectivity index (χ3v) is 12.6. The summed E-state index contributed by atoms with van der Waals surface area (Å²) in [6.45, 7) is 5.16. The van der Waals surface area contributed by atoms with E-state index in [1.807, 2.05) is 11.8 Å². The third kappa shape index (κ3) is 3.68. The van der Waals surface area contributed by atoms with Crippen molar-refractivity contribution < 1.29 is 0 Å². The predicted molar refractivity (Wildman–Crippen MR) is 214 cm³/mol. The number of rotatable bonds is 3. The molecule has 4 aliphatic heterocycles. The van der Waals surface area contributed by atoms with Crippen molar-refractivity contribution in [1.82, 2.24) is 0 Å². The van der Waals surface area contributed by atoms with Crippen LogP contribution in [0.25, 0.3) is 0 Å². The van der Waals surface area contributed by atoms with Gasteiger partial charge >= 0.3 is 0 Å². The molecule has 0 amide bonds. The van der Waals surface area contributed by atoms with Crippen LogP contribution >= 0.6 is 11.8 Å². The van der Waals surface area contributed by atoms with Gasteiger partial charge in [0.25, 0.3) is 6.71 Å². The van der Waals surface area contributed by atoms with Gasteiger partial charge in [0.1, 0.15) is 0 Å². The first kappa shape index (κ1) is 28.5. The molecule has 0 saturated heterocycles. The number of hydrogen-bond acceptors (Lipinski definition) is 3. The third-order valence-electron chi connectivity index (χ3n) is 11.6. The number of hydrogen-bond donors (Lipinski definition) is 0. The summed E-state index contributed by atoms with van der Waals surface area (Å²) in [6.07, 6.45) is 0. The standard InChI is InChI=1S/C45H32B2N2S/c1-45(2)30-18-6-7-19-32(30)46-34-21-9-12-24-37(34)49-38-25-13-10-22-35(38)47-33-20-8-11-23-36(33)48(40-28-31(45)42(46)44(49)43(40)47)39-26-14-15-27-41(39)50-29-16-4-3-5-17-29/h3-28H,1-2H3. The maximum absolute atomic E-state index is 2.62. The van der Waals surface area contributed by atoms with Gasteiger partial charge in [-0.25, -0.2) is 0 Å². The van der Waals surface area contributed by atoms with Crippen molar-refractivity contribution in [3.05, 3.63) is 169 Å². The van der Waals surface area contributed by atoms with Gasteiger partial charge in [-0.05, 0) is 87.0 Å². The highest BCUT2D eigenvalue weighted by Gasteiger charge is 2.52. The Kier molecular flexibility index (Phi) is 5.87. The van der Waals surface area contributed by atoms with E-state index in [-0.39, 0.29) is 18.8 Å². The second-order valence-corrected chi connectivity index (χ2v) is 15.5. The first-order valence-corrected chi connectivity index (χ1v) is 18.4. The maximum Gasteiger partial charge on any atom is 0.252 e. The molecular formula is C45H32B2N2S. The summed E-state index contributed by atoms with van der Waals surface area (Å²) in [5.41, 5.74) is 18.8. The Labute approximate surface area is 298 Å². The molecule has 0 aliphatic carbocycles. The Balaban J connectivity index is 1.29. The van der Waals surface area contributed by atoms with E-state index in [4.69, 9.17) is 0 Å². The molecule has 7 aromatic rings. The topological polar surface area (TPSA) is 6.48 Å². The quantitative estimate of drug-likeness (QED) is 0.184. The van der Waals surface area contributed by atoms with E-state index in [0.29, 0.717) is 0 Å². The summed E-state index contributed by atoms with van der Waals surface area (Å²) in [7, 11) is 0. The van der Waals surface area contributed by atoms with E-state index in [1.165, 1.54) is 87.8 Å². The average Bonchev–Trinajstić information content (AvgIpc) is 3.16. The summed E-state index contributed by atoms with van der Waals surface area (Å²) in [5.74, 6) is 0. The smallest absolute Gasteiger partial charge is 0.252 e. The first-order valence-electron chi connectivity index (χ1n) is 17.6. The molecule has 0 saturated carbocycles. The molecule has 234 valence electrons. The molecular weight excluding hydrogens is 622 g/mol. The van der Waals surface area contributed by atoms with Crippen LogP contribution in [0.3, 0.4) is 0 Å². The van der Waals surface area contributed by atoms with Crippen molar-refractivity contribution in [3.63, 3.8) is 0 Å². The number of nitrogens with zero attached hydrogens (tertiary/aromatic N) is 2. The summed E-state index contributed by atoms with van der Waals surface area (Å²) < 4.78 is 0. The van der Waals surface area contributed by atoms with Gasteiger partial charge in [-0.2, -0.15) is 0 Å². The first-order chi connectivity index (χ1) is 24.6. The van der Waals surface area contributed by atoms with E-state index < -0.39 is 0 Å². The highest BCUT2D eigenvalue weighted by molar-refractivity contribution is 7.99. The van der Waals surface area contributed by atoms with Gasteiger partial charge in [0.05, 0.1) is 5.69 Å². The van der Waals surface area contributed by atoms with E-state index in [1.54, 1.807) is 0 Å². The van der Waals surface area contributed by atoms with Crippen LogP contribution in [0.1, 0.15) is 25.0 Å². The van der Waals surface area contributed by atoms with Gasteiger partial charge in [0.15, 0.2) is 0 Å². The van der Waals surface area contributed by atoms with Crippen LogP contribution in [0.2, 0.25) is 0 Å². The monoisotopic (exact) mass is 654 g/mol. The maximum atomic E-state index is 2.62. The van der Waals surface area contributed by atoms with Gasteiger partial charge < -0.3 is 9.80 Å². The largest absolute Gasteiger partial charge is 0.312 e. The Hall–Kier alpha value is -5.38. The lowest BCUT2D eigenvalue weighted by Crippen LogP contribution is -2.70. The second kappa shape index (κ2) is 10.3. The van der Waals surface area contributed by atoms with E-state index in [0.717, 1.165) is 0 Å². The number of benzene rings is 7. The minimum absolute atomic E-state index is 0.116. The Morgan fingerprint density at radius 2 is 0.940 bits per heavy atom. The molecule has 50 heavy (non-hydrogen) atoms. The zero-order valence-corrected chi connectivity index (χ0v) is 28.8. The van der Waals surface area contributed by atoms with Gasteiger partial charge in [0.2, 0.25) is 6.71 Å². The van der Waals surface area contributed by atoms with Gasteiger partial charge in [0, 0.05) is 43.6 Å². The summed E-state index contributed by atoms with van der Waals surface area (Å²) >= 11 is 1.84. The fraction of sp³-hybridized carbons (Fsp3) is 0.0667. The van der Waals surface area contributed by atoms with Crippen LogP contribution in [-0.2, 0) is 5.41 Å². The van der Waals surface area contributed by atoms with Crippen molar-refractivity contribution in [2.75, 3.05) is 9.80 Å². The molecule has 0 unspecified atom stereocenters. The lowest BCUT2D eigenvalue weighted by Gasteiger charge is -2.51. The molecule has 0 bridgehead atoms. The lowest BCUT2D eigenvalue weighted by molar-refractivity contribution is 0.646. The number of anilines is 6. The molecule has 7 aromatic carbocycles. The molecule has 0 N–H and O–H groups in total. The average molecular weight is 654 g/mol. The second-order valence-electron chi connectivity index (χ2n) is 14.4. The minimum atomic E-state index is -0.195. The van der Waals surface area contributed by atoms with Crippen molar-refractivity contribution >= 4 is 92.1 Å². The predicted octanol–water partition coefficient (Wildman–Crippen LogP) is 7.39. The summed E-state index contributed by atoms with van der Waals surface area (Å²) in [4.78, 5) is 7.69. The Bertz CT molecular complexity index is 2520. The summed E-state index contributed by atoms with van der Waals surface area (Å²) in [6, 6.07) is 59.0. The molecule has 0 radical (unpaired) electrons. The van der Waals surface area contributed by atoms with Crippen molar-refractivity contribution in [3.8, 4) is 0 Å². The van der Waals surface area contributed by atoms with Crippen molar-refractivity contribution in [1.29, 1.82) is 0 Å². The van der Waals surface area contributed by atoms with E-state index >= 15 is 0 Å². The normalized spacial score (nSPS) is 15.1. The summed E-state index contributed by atoms with van der Waals surface area (Å²) in [5, 5.41) is 0. The Morgan fingerprint density at radius 1 is 0.440 bits per heavy atom. The molecule has 4 heterocycles. The van der Waals surface area contributed by atoms with Crippen LogP contribution < -0.4 is 42.6 Å². The lowest BCUT2D eigenvalue weighted by atomic mass is 9.27. The van der Waals surface area contributed by atoms with Crippen molar-refractivity contribution in [2.24, 2.45) is 0 Å². The highest BCUT2D eigenvalue weighted by atomic mass is 32.2. The van der Waals surface area contributed by atoms with Crippen LogP contribution in [0.4, 0.5) is 34.1 Å². The highest BCUT2D eigenvalue weighted by Crippen LogP contribution is 2.50. The van der Waals surface area contributed by atoms with Crippen molar-refractivity contribution in [2.45, 2.75) is 29.1 Å².